The van der Waals surface area contributed by atoms with Gasteiger partial charge in [0.1, 0.15) is 5.15 Å². The second-order valence-corrected chi connectivity index (χ2v) is 5.28. The first-order valence-corrected chi connectivity index (χ1v) is 5.64. The van der Waals surface area contributed by atoms with Gasteiger partial charge in [-0.2, -0.15) is 0 Å². The van der Waals surface area contributed by atoms with Crippen LogP contribution in [0.15, 0.2) is 18.3 Å². The van der Waals surface area contributed by atoms with Crippen LogP contribution in [0.3, 0.4) is 0 Å². The lowest BCUT2D eigenvalue weighted by molar-refractivity contribution is 0.108. The molecule has 3 N–H and O–H groups in total. The molecule has 1 aromatic rings. The van der Waals surface area contributed by atoms with Gasteiger partial charge >= 0.3 is 7.60 Å². The molecule has 0 saturated carbocycles. The van der Waals surface area contributed by atoms with Gasteiger partial charge in [-0.25, -0.2) is 4.98 Å². The minimum Gasteiger partial charge on any atom is -0.373 e. The van der Waals surface area contributed by atoms with Gasteiger partial charge in [-0.05, 0) is 13.0 Å². The van der Waals surface area contributed by atoms with Crippen molar-refractivity contribution in [1.82, 2.24) is 4.98 Å². The van der Waals surface area contributed by atoms with Gasteiger partial charge in [-0.1, -0.05) is 17.7 Å². The highest BCUT2D eigenvalue weighted by molar-refractivity contribution is 7.52. The maximum absolute atomic E-state index is 10.9. The van der Waals surface area contributed by atoms with E-state index in [9.17, 15) is 9.67 Å². The van der Waals surface area contributed by atoms with Gasteiger partial charge in [0, 0.05) is 11.8 Å². The summed E-state index contributed by atoms with van der Waals surface area (Å²) in [5.74, 6) is 0. The smallest absolute Gasteiger partial charge is 0.361 e. The van der Waals surface area contributed by atoms with Crippen molar-refractivity contribution in [3.63, 3.8) is 0 Å². The Morgan fingerprint density at radius 1 is 1.50 bits per heavy atom. The topological polar surface area (TPSA) is 90.7 Å². The van der Waals surface area contributed by atoms with Crippen LogP contribution in [0.2, 0.25) is 5.15 Å². The van der Waals surface area contributed by atoms with E-state index in [-0.39, 0.29) is 10.7 Å². The average Bonchev–Trinajstić information content (AvgIpc) is 2.03. The summed E-state index contributed by atoms with van der Waals surface area (Å²) >= 11 is 5.49. The fraction of sp³-hybridized carbons (Fsp3) is 0.286. The molecule has 0 aliphatic heterocycles. The minimum atomic E-state index is -4.63. The van der Waals surface area contributed by atoms with E-state index in [1.54, 1.807) is 0 Å². The molecule has 0 bridgehead atoms. The van der Waals surface area contributed by atoms with Gasteiger partial charge < -0.3 is 14.9 Å². The van der Waals surface area contributed by atoms with Crippen LogP contribution in [0, 0.1) is 0 Å². The number of rotatable bonds is 2. The first kappa shape index (κ1) is 11.6. The normalized spacial score (nSPS) is 16.4. The van der Waals surface area contributed by atoms with Crippen molar-refractivity contribution in [2.24, 2.45) is 0 Å². The minimum absolute atomic E-state index is 0.0234. The molecule has 1 unspecified atom stereocenters. The first-order chi connectivity index (χ1) is 6.25. The van der Waals surface area contributed by atoms with Gasteiger partial charge in [0.15, 0.2) is 5.34 Å². The van der Waals surface area contributed by atoms with Crippen LogP contribution in [0.25, 0.3) is 0 Å². The van der Waals surface area contributed by atoms with Crippen molar-refractivity contribution in [1.29, 1.82) is 0 Å². The van der Waals surface area contributed by atoms with Gasteiger partial charge in [0.05, 0.1) is 0 Å². The van der Waals surface area contributed by atoms with E-state index in [0.29, 0.717) is 0 Å². The third-order valence-corrected chi connectivity index (χ3v) is 3.46. The Morgan fingerprint density at radius 3 is 2.43 bits per heavy atom. The van der Waals surface area contributed by atoms with Crippen molar-refractivity contribution < 1.29 is 19.5 Å². The van der Waals surface area contributed by atoms with E-state index in [1.807, 2.05) is 0 Å². The monoisotopic (exact) mass is 237 g/mol. The van der Waals surface area contributed by atoms with Crippen molar-refractivity contribution in [2.45, 2.75) is 12.3 Å². The standard InChI is InChI=1S/C7H9ClNO4P/c1-7(10,14(11,12)13)5-2-3-6(8)9-4-5/h2-4,10H,1H3,(H2,11,12,13). The molecule has 1 heterocycles. The summed E-state index contributed by atoms with van der Waals surface area (Å²) in [4.78, 5) is 21.4. The van der Waals surface area contributed by atoms with Crippen molar-refractivity contribution in [2.75, 3.05) is 0 Å². The molecule has 0 spiro atoms. The number of pyridine rings is 1. The third-order valence-electron chi connectivity index (χ3n) is 1.84. The molecule has 0 radical (unpaired) electrons. The molecular weight excluding hydrogens is 229 g/mol. The van der Waals surface area contributed by atoms with Crippen LogP contribution in [0.5, 0.6) is 0 Å². The van der Waals surface area contributed by atoms with Crippen LogP contribution >= 0.6 is 19.2 Å². The molecule has 0 saturated heterocycles. The average molecular weight is 238 g/mol. The van der Waals surface area contributed by atoms with E-state index in [4.69, 9.17) is 21.4 Å². The quantitative estimate of drug-likeness (QED) is 0.529. The summed E-state index contributed by atoms with van der Waals surface area (Å²) < 4.78 is 10.9. The molecule has 5 nitrogen and oxygen atoms in total. The Labute approximate surface area is 85.5 Å². The molecule has 0 aliphatic rings. The van der Waals surface area contributed by atoms with Gasteiger partial charge in [-0.3, -0.25) is 4.57 Å². The maximum atomic E-state index is 10.9. The molecule has 7 heteroatoms. The Morgan fingerprint density at radius 2 is 2.07 bits per heavy atom. The Hall–Kier alpha value is -0.450. The zero-order valence-corrected chi connectivity index (χ0v) is 8.90. The number of hydrogen-bond donors (Lipinski definition) is 3. The predicted octanol–water partition coefficient (Wildman–Crippen LogP) is 1.08. The molecule has 1 aromatic heterocycles. The van der Waals surface area contributed by atoms with Crippen molar-refractivity contribution in [3.8, 4) is 0 Å². The van der Waals surface area contributed by atoms with Gasteiger partial charge in [0.25, 0.3) is 0 Å². The highest BCUT2D eigenvalue weighted by Crippen LogP contribution is 2.54. The fourth-order valence-electron chi connectivity index (χ4n) is 0.824. The predicted molar refractivity (Wildman–Crippen MR) is 50.9 cm³/mol. The summed E-state index contributed by atoms with van der Waals surface area (Å²) in [6.45, 7) is 1.03. The van der Waals surface area contributed by atoms with Crippen LogP contribution in [0.4, 0.5) is 0 Å². The first-order valence-electron chi connectivity index (χ1n) is 3.65. The van der Waals surface area contributed by atoms with Crippen molar-refractivity contribution in [3.05, 3.63) is 29.0 Å². The number of nitrogens with zero attached hydrogens (tertiary/aromatic N) is 1. The van der Waals surface area contributed by atoms with E-state index < -0.39 is 12.9 Å². The lowest BCUT2D eigenvalue weighted by Gasteiger charge is -2.24. The fourth-order valence-corrected chi connectivity index (χ4v) is 1.40. The second kappa shape index (κ2) is 3.61. The number of aliphatic hydroxyl groups is 1. The number of halogens is 1. The van der Waals surface area contributed by atoms with E-state index in [2.05, 4.69) is 4.98 Å². The summed E-state index contributed by atoms with van der Waals surface area (Å²) in [5.41, 5.74) is 0.0234. The maximum Gasteiger partial charge on any atom is 0.361 e. The van der Waals surface area contributed by atoms with Crippen LogP contribution < -0.4 is 0 Å². The van der Waals surface area contributed by atoms with E-state index in [1.165, 1.54) is 12.1 Å². The molecular formula is C7H9ClNO4P. The lowest BCUT2D eigenvalue weighted by atomic mass is 10.2. The summed E-state index contributed by atoms with van der Waals surface area (Å²) in [6, 6.07) is 2.66. The Bertz CT molecular complexity index is 372. The molecule has 14 heavy (non-hydrogen) atoms. The Balaban J connectivity index is 3.17. The molecule has 0 aromatic carbocycles. The molecule has 0 amide bonds. The van der Waals surface area contributed by atoms with Gasteiger partial charge in [-0.15, -0.1) is 0 Å². The zero-order valence-electron chi connectivity index (χ0n) is 7.25. The summed E-state index contributed by atoms with van der Waals surface area (Å²) in [7, 11) is -4.63. The second-order valence-electron chi connectivity index (χ2n) is 2.93. The van der Waals surface area contributed by atoms with Crippen LogP contribution in [0.1, 0.15) is 12.5 Å². The van der Waals surface area contributed by atoms with E-state index >= 15 is 0 Å². The van der Waals surface area contributed by atoms with Crippen molar-refractivity contribution >= 4 is 19.2 Å². The Kier molecular flexibility index (Phi) is 2.99. The van der Waals surface area contributed by atoms with Crippen LogP contribution in [-0.4, -0.2) is 19.9 Å². The van der Waals surface area contributed by atoms with Crippen LogP contribution in [-0.2, 0) is 9.91 Å². The number of hydrogen-bond acceptors (Lipinski definition) is 3. The summed E-state index contributed by atoms with van der Waals surface area (Å²) in [6.07, 6.45) is 1.13. The molecule has 78 valence electrons. The van der Waals surface area contributed by atoms with E-state index in [0.717, 1.165) is 13.1 Å². The highest BCUT2D eigenvalue weighted by Gasteiger charge is 2.42. The zero-order chi connectivity index (χ0) is 11.0. The molecule has 1 atom stereocenters. The third kappa shape index (κ3) is 2.13. The number of aromatic nitrogens is 1. The summed E-state index contributed by atoms with van der Waals surface area (Å²) in [5, 5.41) is 7.53. The largest absolute Gasteiger partial charge is 0.373 e. The van der Waals surface area contributed by atoms with Gasteiger partial charge in [0.2, 0.25) is 0 Å². The lowest BCUT2D eigenvalue weighted by Crippen LogP contribution is -2.21. The highest BCUT2D eigenvalue weighted by atomic mass is 35.5. The SMILES string of the molecule is CC(O)(c1ccc(Cl)nc1)P(=O)(O)O. The molecule has 0 fully saturated rings. The molecule has 1 rings (SSSR count). The molecule has 0 aliphatic carbocycles.